The van der Waals surface area contributed by atoms with Crippen molar-refractivity contribution in [2.45, 2.75) is 25.3 Å². The second-order valence-electron chi connectivity index (χ2n) is 8.08. The molecule has 1 aromatic carbocycles. The number of amides is 1. The molecule has 0 unspecified atom stereocenters. The number of piperidine rings is 1. The van der Waals surface area contributed by atoms with Gasteiger partial charge in [0.05, 0.1) is 6.54 Å². The summed E-state index contributed by atoms with van der Waals surface area (Å²) < 4.78 is 0. The molecule has 2 N–H and O–H groups in total. The fourth-order valence-electron chi connectivity index (χ4n) is 4.13. The number of nitrogens with zero attached hydrogens (tertiary/aromatic N) is 4. The van der Waals surface area contributed by atoms with Crippen LogP contribution < -0.4 is 10.6 Å². The third kappa shape index (κ3) is 5.09. The molecule has 1 saturated heterocycles. The van der Waals surface area contributed by atoms with Crippen LogP contribution in [0.15, 0.2) is 67.0 Å². The Morgan fingerprint density at radius 3 is 2.58 bits per heavy atom. The Labute approximate surface area is 183 Å². The van der Waals surface area contributed by atoms with E-state index in [1.54, 1.807) is 11.9 Å². The summed E-state index contributed by atoms with van der Waals surface area (Å²) in [5.74, 6) is 1.49. The second-order valence-corrected chi connectivity index (χ2v) is 8.08. The van der Waals surface area contributed by atoms with E-state index in [0.717, 1.165) is 48.4 Å². The van der Waals surface area contributed by atoms with Gasteiger partial charge in [-0.25, -0.2) is 4.98 Å². The summed E-state index contributed by atoms with van der Waals surface area (Å²) in [5.41, 5.74) is 9.89. The van der Waals surface area contributed by atoms with Gasteiger partial charge >= 0.3 is 0 Å². The quantitative estimate of drug-likeness (QED) is 0.667. The van der Waals surface area contributed by atoms with Gasteiger partial charge in [-0.1, -0.05) is 24.3 Å². The van der Waals surface area contributed by atoms with Gasteiger partial charge in [-0.05, 0) is 54.3 Å². The monoisotopic (exact) mass is 415 g/mol. The average Bonchev–Trinajstić information content (AvgIpc) is 2.84. The zero-order valence-corrected chi connectivity index (χ0v) is 17.9. The van der Waals surface area contributed by atoms with Gasteiger partial charge in [0.25, 0.3) is 0 Å². The normalized spacial score (nSPS) is 14.5. The van der Waals surface area contributed by atoms with E-state index >= 15 is 0 Å². The van der Waals surface area contributed by atoms with Crippen molar-refractivity contribution in [2.75, 3.05) is 31.6 Å². The van der Waals surface area contributed by atoms with E-state index in [-0.39, 0.29) is 12.5 Å². The van der Waals surface area contributed by atoms with Crippen molar-refractivity contribution in [2.24, 2.45) is 5.73 Å². The predicted molar refractivity (Wildman–Crippen MR) is 124 cm³/mol. The van der Waals surface area contributed by atoms with Crippen LogP contribution >= 0.6 is 0 Å². The highest BCUT2D eigenvalue weighted by Crippen LogP contribution is 2.29. The van der Waals surface area contributed by atoms with E-state index in [1.165, 1.54) is 5.69 Å². The first-order chi connectivity index (χ1) is 15.1. The lowest BCUT2D eigenvalue weighted by atomic mass is 9.93. The van der Waals surface area contributed by atoms with Gasteiger partial charge < -0.3 is 15.5 Å². The molecule has 0 radical (unpaired) electrons. The molecule has 6 heteroatoms. The fourth-order valence-corrected chi connectivity index (χ4v) is 4.13. The lowest BCUT2D eigenvalue weighted by Crippen LogP contribution is -2.33. The van der Waals surface area contributed by atoms with Gasteiger partial charge in [0.15, 0.2) is 0 Å². The van der Waals surface area contributed by atoms with Crippen molar-refractivity contribution in [3.05, 3.63) is 78.2 Å². The van der Waals surface area contributed by atoms with Crippen LogP contribution in [0.25, 0.3) is 11.1 Å². The molecule has 3 aromatic rings. The summed E-state index contributed by atoms with van der Waals surface area (Å²) in [6, 6.07) is 18.6. The molecule has 0 bridgehead atoms. The fraction of sp³-hybridized carbons (Fsp3) is 0.320. The van der Waals surface area contributed by atoms with Crippen molar-refractivity contribution in [3.8, 4) is 11.1 Å². The molecule has 2 aromatic heterocycles. The highest BCUT2D eigenvalue weighted by molar-refractivity contribution is 5.77. The zero-order valence-electron chi connectivity index (χ0n) is 17.9. The van der Waals surface area contributed by atoms with Crippen LogP contribution in [0.2, 0.25) is 0 Å². The standard InChI is InChI=1S/C25H29N5O/c1-29(25(31)16-26)18-19-5-4-6-21(15-19)22-8-9-24(28-17-22)30-13-10-20(11-14-30)23-7-2-3-12-27-23/h2-9,12,15,17,20H,10-11,13-14,16,18,26H2,1H3. The maximum absolute atomic E-state index is 11.7. The van der Waals surface area contributed by atoms with Crippen molar-refractivity contribution < 1.29 is 4.79 Å². The number of carbonyl (C=O) groups is 1. The Kier molecular flexibility index (Phi) is 6.57. The number of nitrogens with two attached hydrogens (primary N) is 1. The van der Waals surface area contributed by atoms with E-state index in [9.17, 15) is 4.79 Å². The van der Waals surface area contributed by atoms with E-state index in [1.807, 2.05) is 30.6 Å². The van der Waals surface area contributed by atoms with Gasteiger partial charge in [-0.15, -0.1) is 0 Å². The van der Waals surface area contributed by atoms with Crippen LogP contribution in [0.5, 0.6) is 0 Å². The van der Waals surface area contributed by atoms with E-state index in [4.69, 9.17) is 10.7 Å². The largest absolute Gasteiger partial charge is 0.357 e. The summed E-state index contributed by atoms with van der Waals surface area (Å²) in [4.78, 5) is 25.0. The summed E-state index contributed by atoms with van der Waals surface area (Å²) >= 11 is 0. The average molecular weight is 416 g/mol. The first kappa shape index (κ1) is 21.0. The second kappa shape index (κ2) is 9.71. The molecule has 31 heavy (non-hydrogen) atoms. The number of likely N-dealkylation sites (N-methyl/N-ethyl adjacent to an activating group) is 1. The van der Waals surface area contributed by atoms with Crippen LogP contribution in [-0.4, -0.2) is 47.5 Å². The zero-order chi connectivity index (χ0) is 21.6. The van der Waals surface area contributed by atoms with Gasteiger partial charge in [0.2, 0.25) is 5.91 Å². The van der Waals surface area contributed by atoms with Crippen LogP contribution in [0, 0.1) is 0 Å². The van der Waals surface area contributed by atoms with Crippen molar-refractivity contribution in [3.63, 3.8) is 0 Å². The van der Waals surface area contributed by atoms with E-state index in [2.05, 4.69) is 46.3 Å². The van der Waals surface area contributed by atoms with Gasteiger partial charge in [0.1, 0.15) is 5.82 Å². The summed E-state index contributed by atoms with van der Waals surface area (Å²) in [5, 5.41) is 0. The van der Waals surface area contributed by atoms with E-state index < -0.39 is 0 Å². The molecule has 3 heterocycles. The van der Waals surface area contributed by atoms with Crippen LogP contribution in [0.4, 0.5) is 5.82 Å². The maximum atomic E-state index is 11.7. The molecule has 0 atom stereocenters. The van der Waals surface area contributed by atoms with Gasteiger partial charge in [-0.2, -0.15) is 0 Å². The summed E-state index contributed by atoms with van der Waals surface area (Å²) in [7, 11) is 1.77. The topological polar surface area (TPSA) is 75.4 Å². The Morgan fingerprint density at radius 1 is 1.06 bits per heavy atom. The molecule has 0 aliphatic carbocycles. The number of rotatable bonds is 6. The lowest BCUT2D eigenvalue weighted by molar-refractivity contribution is -0.128. The first-order valence-electron chi connectivity index (χ1n) is 10.8. The summed E-state index contributed by atoms with van der Waals surface area (Å²) in [6.07, 6.45) is 6.01. The molecule has 0 spiro atoms. The molecule has 1 amide bonds. The predicted octanol–water partition coefficient (Wildman–Crippen LogP) is 3.44. The number of anilines is 1. The number of benzene rings is 1. The van der Waals surface area contributed by atoms with Crippen LogP contribution in [0.3, 0.4) is 0 Å². The number of carbonyl (C=O) groups excluding carboxylic acids is 1. The minimum atomic E-state index is -0.0664. The lowest BCUT2D eigenvalue weighted by Gasteiger charge is -2.32. The van der Waals surface area contributed by atoms with Crippen molar-refractivity contribution in [1.82, 2.24) is 14.9 Å². The Bertz CT molecular complexity index is 998. The van der Waals surface area contributed by atoms with E-state index in [0.29, 0.717) is 12.5 Å². The SMILES string of the molecule is CN(Cc1cccc(-c2ccc(N3CCC(c4ccccn4)CC3)nc2)c1)C(=O)CN. The van der Waals surface area contributed by atoms with Crippen molar-refractivity contribution in [1.29, 1.82) is 0 Å². The molecule has 4 rings (SSSR count). The number of hydrogen-bond acceptors (Lipinski definition) is 5. The molecule has 160 valence electrons. The molecular formula is C25H29N5O. The molecule has 0 saturated carbocycles. The van der Waals surface area contributed by atoms with Gasteiger partial charge in [-0.3, -0.25) is 9.78 Å². The third-order valence-electron chi connectivity index (χ3n) is 5.95. The van der Waals surface area contributed by atoms with Crippen LogP contribution in [-0.2, 0) is 11.3 Å². The Balaban J connectivity index is 1.40. The number of hydrogen-bond donors (Lipinski definition) is 1. The minimum absolute atomic E-state index is 0.0285. The maximum Gasteiger partial charge on any atom is 0.236 e. The molecule has 1 aliphatic rings. The van der Waals surface area contributed by atoms with Crippen molar-refractivity contribution >= 4 is 11.7 Å². The highest BCUT2D eigenvalue weighted by Gasteiger charge is 2.22. The molecule has 1 aliphatic heterocycles. The highest BCUT2D eigenvalue weighted by atomic mass is 16.2. The van der Waals surface area contributed by atoms with Crippen LogP contribution in [0.1, 0.15) is 30.0 Å². The number of aromatic nitrogens is 2. The summed E-state index contributed by atoms with van der Waals surface area (Å²) in [6.45, 7) is 2.55. The molecule has 6 nitrogen and oxygen atoms in total. The molecule has 1 fully saturated rings. The first-order valence-corrected chi connectivity index (χ1v) is 10.8. The number of pyridine rings is 2. The Morgan fingerprint density at radius 2 is 1.90 bits per heavy atom. The minimum Gasteiger partial charge on any atom is -0.357 e. The van der Waals surface area contributed by atoms with Gasteiger partial charge in [0, 0.05) is 56.3 Å². The molecular weight excluding hydrogens is 386 g/mol. The Hall–Kier alpha value is -3.25. The smallest absolute Gasteiger partial charge is 0.236 e. The third-order valence-corrected chi connectivity index (χ3v) is 5.95.